The van der Waals surface area contributed by atoms with Crippen LogP contribution in [0.5, 0.6) is 0 Å². The number of aliphatic hydroxyl groups excluding tert-OH is 11. The highest BCUT2D eigenvalue weighted by molar-refractivity contribution is 5.76. The molecule has 0 aromatic heterocycles. The molecule has 3 saturated heterocycles. The zero-order valence-corrected chi connectivity index (χ0v) is 65.3. The van der Waals surface area contributed by atoms with Gasteiger partial charge in [0.1, 0.15) is 73.2 Å². The topological polar surface area (TPSA) is 307 Å². The number of rotatable bonds is 63. The Hall–Kier alpha value is -4.59. The molecule has 610 valence electrons. The summed E-state index contributed by atoms with van der Waals surface area (Å²) in [5, 5.41) is 121. The number of hydrogen-bond donors (Lipinski definition) is 12. The minimum absolute atomic E-state index is 0.204. The number of unbranched alkanes of at least 4 members (excludes halogenated alkanes) is 23. The molecule has 0 spiro atoms. The summed E-state index contributed by atoms with van der Waals surface area (Å²) in [6, 6.07) is -1.00. The quantitative estimate of drug-likeness (QED) is 0.0199. The van der Waals surface area contributed by atoms with Crippen molar-refractivity contribution in [1.82, 2.24) is 5.32 Å². The summed E-state index contributed by atoms with van der Waals surface area (Å²) in [7, 11) is 0. The Morgan fingerprint density at radius 1 is 0.346 bits per heavy atom. The minimum Gasteiger partial charge on any atom is -0.394 e. The fourth-order valence-corrected chi connectivity index (χ4v) is 12.8. The number of ether oxygens (including phenoxy) is 6. The highest BCUT2D eigenvalue weighted by atomic mass is 16.8. The van der Waals surface area contributed by atoms with Crippen LogP contribution in [0.3, 0.4) is 0 Å². The maximum absolute atomic E-state index is 13.5. The summed E-state index contributed by atoms with van der Waals surface area (Å²) in [6.07, 6.45) is 70.8. The molecule has 17 atom stereocenters. The van der Waals surface area contributed by atoms with Crippen molar-refractivity contribution in [3.8, 4) is 0 Å². The van der Waals surface area contributed by atoms with Gasteiger partial charge in [0.25, 0.3) is 0 Å². The Kier molecular flexibility index (Phi) is 59.6. The third-order valence-electron chi connectivity index (χ3n) is 19.3. The average Bonchev–Trinajstić information content (AvgIpc) is 0.782. The van der Waals surface area contributed by atoms with E-state index in [2.05, 4.69) is 165 Å². The summed E-state index contributed by atoms with van der Waals surface area (Å²) in [4.78, 5) is 13.5. The van der Waals surface area contributed by atoms with Crippen LogP contribution in [0.1, 0.15) is 258 Å². The van der Waals surface area contributed by atoms with Crippen LogP contribution in [0.2, 0.25) is 0 Å². The van der Waals surface area contributed by atoms with Gasteiger partial charge in [0.15, 0.2) is 18.9 Å². The van der Waals surface area contributed by atoms with Crippen LogP contribution in [-0.2, 0) is 33.2 Å². The van der Waals surface area contributed by atoms with Gasteiger partial charge in [0.05, 0.1) is 38.6 Å². The number of aliphatic hydroxyl groups is 11. The normalized spacial score (nSPS) is 26.4. The number of allylic oxidation sites excluding steroid dienone is 25. The molecule has 3 rings (SSSR count). The third kappa shape index (κ3) is 45.5. The monoisotopic (exact) mass is 1500 g/mol. The van der Waals surface area contributed by atoms with E-state index in [9.17, 15) is 61.0 Å². The van der Waals surface area contributed by atoms with E-state index in [1.807, 2.05) is 6.08 Å². The Balaban J connectivity index is 1.37. The molecule has 3 aliphatic rings. The van der Waals surface area contributed by atoms with Crippen molar-refractivity contribution < 1.29 is 89.4 Å². The van der Waals surface area contributed by atoms with E-state index in [1.165, 1.54) is 103 Å². The van der Waals surface area contributed by atoms with Crippen molar-refractivity contribution in [1.29, 1.82) is 0 Å². The number of carbonyl (C=O) groups is 1. The van der Waals surface area contributed by atoms with Gasteiger partial charge in [-0.25, -0.2) is 0 Å². The fraction of sp³-hybridized carbons (Fsp3) is 0.693. The van der Waals surface area contributed by atoms with Crippen molar-refractivity contribution in [3.63, 3.8) is 0 Å². The second-order valence-electron chi connectivity index (χ2n) is 28.5. The molecule has 0 bridgehead atoms. The molecule has 17 unspecified atom stereocenters. The molecule has 3 heterocycles. The molecule has 3 fully saturated rings. The van der Waals surface area contributed by atoms with Gasteiger partial charge in [-0.1, -0.05) is 300 Å². The lowest BCUT2D eigenvalue weighted by molar-refractivity contribution is -0.379. The highest BCUT2D eigenvalue weighted by Crippen LogP contribution is 2.33. The van der Waals surface area contributed by atoms with Gasteiger partial charge in [-0.05, 0) is 109 Å². The van der Waals surface area contributed by atoms with E-state index in [0.29, 0.717) is 6.42 Å². The molecular formula is C88H145NO18. The molecule has 0 radical (unpaired) electrons. The second kappa shape index (κ2) is 66.1. The Morgan fingerprint density at radius 2 is 0.645 bits per heavy atom. The number of nitrogens with one attached hydrogen (secondary N) is 1. The minimum atomic E-state index is -1.99. The molecule has 1 amide bonds. The number of hydrogen-bond acceptors (Lipinski definition) is 18. The molecule has 19 heteroatoms. The van der Waals surface area contributed by atoms with Crippen molar-refractivity contribution in [2.45, 2.75) is 362 Å². The largest absolute Gasteiger partial charge is 0.394 e. The maximum Gasteiger partial charge on any atom is 0.220 e. The first-order valence-electron chi connectivity index (χ1n) is 41.2. The maximum atomic E-state index is 13.5. The van der Waals surface area contributed by atoms with Gasteiger partial charge in [0.2, 0.25) is 5.91 Å². The van der Waals surface area contributed by atoms with E-state index in [0.717, 1.165) is 128 Å². The first-order valence-corrected chi connectivity index (χ1v) is 41.2. The van der Waals surface area contributed by atoms with Gasteiger partial charge in [-0.3, -0.25) is 4.79 Å². The summed E-state index contributed by atoms with van der Waals surface area (Å²) >= 11 is 0. The molecule has 3 aliphatic heterocycles. The highest BCUT2D eigenvalue weighted by Gasteiger charge is 2.54. The number of amides is 1. The lowest BCUT2D eigenvalue weighted by Gasteiger charge is -2.48. The Labute approximate surface area is 644 Å². The van der Waals surface area contributed by atoms with Crippen LogP contribution in [0.25, 0.3) is 0 Å². The predicted octanol–water partition coefficient (Wildman–Crippen LogP) is 14.4. The lowest BCUT2D eigenvalue weighted by atomic mass is 9.96. The standard InChI is InChI=1S/C88H145NO18/c1-3-5-7-9-11-13-15-17-19-21-23-25-26-27-28-29-30-31-32-33-34-35-36-37-38-39-40-41-42-43-44-46-48-50-52-54-56-58-60-62-64-66-76(94)89-71(72(93)65-63-61-59-57-55-53-51-49-47-45-24-22-20-18-16-14-12-10-8-6-4-2)70-102-86-82(100)79(97)84(74(68-91)104-86)107-88-83(101)80(98)85(75(69-92)105-88)106-87-81(99)78(96)77(95)73(67-90)103-87/h5,7,11,13,17,19,23,25,27-28,30-31,33-34,36-37,39-40,42-43,46,48,52,54,63,65,71-75,77-88,90-93,95-101H,3-4,6,8-10,12,14-16,18,20-22,24,26,29,32,35,38,41,44-45,47,49-51,53,55-62,64,66-70H2,1-2H3,(H,89,94)/b7-5-,13-11-,19-17-,25-23-,28-27-,31-30-,34-33-,37-36-,40-39-,43-42-,48-46-,54-52-,65-63+. The van der Waals surface area contributed by atoms with Gasteiger partial charge in [-0.2, -0.15) is 0 Å². The van der Waals surface area contributed by atoms with E-state index in [-0.39, 0.29) is 18.9 Å². The predicted molar refractivity (Wildman–Crippen MR) is 429 cm³/mol. The number of carbonyl (C=O) groups excluding carboxylic acids is 1. The van der Waals surface area contributed by atoms with Gasteiger partial charge in [0, 0.05) is 6.42 Å². The SMILES string of the molecule is CC/C=C\C/C=C\C/C=C\C/C=C\C/C=C\C/C=C\C/C=C\C/C=C\C/C=C\C/C=C\C/C=C\C/C=C\CCCCCCC(=O)NC(COC1OC(CO)C(OC2OC(CO)C(OC3OC(CO)C(O)C(O)C3O)C(O)C2O)C(O)C1O)C(O)/C=C/CCCCCCCCCCCCCCCCCCCCC. The summed E-state index contributed by atoms with van der Waals surface area (Å²) in [5.74, 6) is -0.304. The summed E-state index contributed by atoms with van der Waals surface area (Å²) < 4.78 is 34.4. The van der Waals surface area contributed by atoms with Crippen molar-refractivity contribution in [2.24, 2.45) is 0 Å². The smallest absolute Gasteiger partial charge is 0.220 e. The van der Waals surface area contributed by atoms with Crippen LogP contribution in [0.4, 0.5) is 0 Å². The van der Waals surface area contributed by atoms with E-state index in [1.54, 1.807) is 6.08 Å². The van der Waals surface area contributed by atoms with E-state index < -0.39 is 124 Å². The molecule has 0 aliphatic carbocycles. The van der Waals surface area contributed by atoms with Gasteiger partial charge < -0.3 is 89.9 Å². The third-order valence-corrected chi connectivity index (χ3v) is 19.3. The van der Waals surface area contributed by atoms with E-state index in [4.69, 9.17) is 28.4 Å². The zero-order valence-electron chi connectivity index (χ0n) is 65.3. The van der Waals surface area contributed by atoms with Crippen LogP contribution >= 0.6 is 0 Å². The molecule has 0 aromatic rings. The van der Waals surface area contributed by atoms with Crippen molar-refractivity contribution in [3.05, 3.63) is 158 Å². The van der Waals surface area contributed by atoms with Crippen molar-refractivity contribution in [2.75, 3.05) is 26.4 Å². The Morgan fingerprint density at radius 3 is 1.01 bits per heavy atom. The summed E-state index contributed by atoms with van der Waals surface area (Å²) in [6.45, 7) is 1.60. The molecular weight excluding hydrogens is 1360 g/mol. The van der Waals surface area contributed by atoms with Crippen LogP contribution in [-0.4, -0.2) is 193 Å². The lowest BCUT2D eigenvalue weighted by Crippen LogP contribution is -2.66. The second-order valence-corrected chi connectivity index (χ2v) is 28.5. The zero-order chi connectivity index (χ0) is 77.4. The fourth-order valence-electron chi connectivity index (χ4n) is 12.8. The van der Waals surface area contributed by atoms with Crippen LogP contribution < -0.4 is 5.32 Å². The molecule has 0 aromatic carbocycles. The first-order chi connectivity index (χ1) is 52.3. The average molecular weight is 1510 g/mol. The van der Waals surface area contributed by atoms with Crippen LogP contribution in [0, 0.1) is 0 Å². The van der Waals surface area contributed by atoms with Crippen LogP contribution in [0.15, 0.2) is 158 Å². The molecule has 19 nitrogen and oxygen atoms in total. The molecule has 12 N–H and O–H groups in total. The summed E-state index contributed by atoms with van der Waals surface area (Å²) in [5.41, 5.74) is 0. The van der Waals surface area contributed by atoms with E-state index >= 15 is 0 Å². The van der Waals surface area contributed by atoms with Gasteiger partial charge >= 0.3 is 0 Å². The van der Waals surface area contributed by atoms with Gasteiger partial charge in [-0.15, -0.1) is 0 Å². The first kappa shape index (κ1) is 96.6. The molecule has 107 heavy (non-hydrogen) atoms. The van der Waals surface area contributed by atoms with Crippen molar-refractivity contribution >= 4 is 5.91 Å². The Bertz CT molecular complexity index is 2550. The molecule has 0 saturated carbocycles.